The zero-order chi connectivity index (χ0) is 30.9. The third-order valence-electron chi connectivity index (χ3n) is 6.34. The fourth-order valence-electron chi connectivity index (χ4n) is 4.34. The highest BCUT2D eigenvalue weighted by atomic mass is 32.2. The van der Waals surface area contributed by atoms with E-state index in [1.54, 1.807) is 6.07 Å². The summed E-state index contributed by atoms with van der Waals surface area (Å²) in [7, 11) is 0. The largest absolute Gasteiger partial charge is 0.573 e. The first kappa shape index (κ1) is 29.6. The number of carbonyl (C=O) groups excluding carboxylic acids is 2. The van der Waals surface area contributed by atoms with Crippen LogP contribution in [0.3, 0.4) is 0 Å². The number of anilines is 2. The molecule has 1 fully saturated rings. The predicted octanol–water partition coefficient (Wildman–Crippen LogP) is 6.64. The fourth-order valence-corrected chi connectivity index (χ4v) is 5.20. The van der Waals surface area contributed by atoms with Crippen LogP contribution in [-0.4, -0.2) is 49.1 Å². The SMILES string of the molecule is Cc1ccc(C(C)C)c(N2C(=O)CS/C2=N\C(=O)Nc2ccc(-c3ncn(-c4ccc(OC(F)(F)F)cc4)n3)cc2O)c1. The lowest BCUT2D eigenvalue weighted by Gasteiger charge is -2.22. The lowest BCUT2D eigenvalue weighted by Crippen LogP contribution is -2.31. The van der Waals surface area contributed by atoms with Gasteiger partial charge in [-0.05, 0) is 72.5 Å². The number of phenolic OH excluding ortho intramolecular Hbond substituents is 1. The summed E-state index contributed by atoms with van der Waals surface area (Å²) in [5.41, 5.74) is 3.53. The van der Waals surface area contributed by atoms with Crippen molar-refractivity contribution in [3.05, 3.63) is 78.1 Å². The van der Waals surface area contributed by atoms with Crippen molar-refractivity contribution in [2.24, 2.45) is 4.99 Å². The van der Waals surface area contributed by atoms with E-state index in [-0.39, 0.29) is 45.8 Å². The summed E-state index contributed by atoms with van der Waals surface area (Å²) >= 11 is 1.15. The first-order valence-electron chi connectivity index (χ1n) is 12.9. The van der Waals surface area contributed by atoms with Gasteiger partial charge in [-0.2, -0.15) is 4.99 Å². The van der Waals surface area contributed by atoms with Crippen LogP contribution in [0.5, 0.6) is 11.5 Å². The van der Waals surface area contributed by atoms with Gasteiger partial charge in [0.05, 0.1) is 22.8 Å². The summed E-state index contributed by atoms with van der Waals surface area (Å²) in [6.45, 7) is 5.96. The molecular formula is C29H25F3N6O4S. The van der Waals surface area contributed by atoms with E-state index in [1.807, 2.05) is 39.0 Å². The topological polar surface area (TPSA) is 122 Å². The molecule has 3 amide bonds. The molecule has 1 aromatic heterocycles. The number of aryl methyl sites for hydroxylation is 1. The number of rotatable bonds is 6. The summed E-state index contributed by atoms with van der Waals surface area (Å²) in [5, 5.41) is 17.7. The molecule has 2 heterocycles. The molecule has 10 nitrogen and oxygen atoms in total. The highest BCUT2D eigenvalue weighted by Gasteiger charge is 2.33. The Balaban J connectivity index is 1.31. The molecule has 0 spiro atoms. The van der Waals surface area contributed by atoms with E-state index in [4.69, 9.17) is 0 Å². The summed E-state index contributed by atoms with van der Waals surface area (Å²) in [6, 6.07) is 14.5. The molecule has 1 saturated heterocycles. The van der Waals surface area contributed by atoms with Crippen LogP contribution in [0, 0.1) is 6.92 Å². The van der Waals surface area contributed by atoms with Crippen molar-refractivity contribution in [3.8, 4) is 28.6 Å². The number of nitrogens with one attached hydrogen (secondary N) is 1. The van der Waals surface area contributed by atoms with E-state index in [0.717, 1.165) is 35.0 Å². The van der Waals surface area contributed by atoms with Gasteiger partial charge in [0.1, 0.15) is 17.8 Å². The highest BCUT2D eigenvalue weighted by molar-refractivity contribution is 8.15. The van der Waals surface area contributed by atoms with Crippen LogP contribution in [0.4, 0.5) is 29.3 Å². The number of benzene rings is 3. The molecule has 222 valence electrons. The monoisotopic (exact) mass is 610 g/mol. The third-order valence-corrected chi connectivity index (χ3v) is 7.26. The summed E-state index contributed by atoms with van der Waals surface area (Å²) < 4.78 is 42.4. The molecule has 1 aliphatic rings. The molecule has 0 aliphatic carbocycles. The average Bonchev–Trinajstić information content (AvgIpc) is 3.56. The molecular weight excluding hydrogens is 585 g/mol. The van der Waals surface area contributed by atoms with Crippen molar-refractivity contribution < 1.29 is 32.6 Å². The van der Waals surface area contributed by atoms with Crippen molar-refractivity contribution >= 4 is 40.2 Å². The lowest BCUT2D eigenvalue weighted by molar-refractivity contribution is -0.274. The van der Waals surface area contributed by atoms with Crippen LogP contribution < -0.4 is 15.0 Å². The Morgan fingerprint density at radius 1 is 1.12 bits per heavy atom. The zero-order valence-corrected chi connectivity index (χ0v) is 23.9. The molecule has 0 saturated carbocycles. The Kier molecular flexibility index (Phi) is 8.13. The van der Waals surface area contributed by atoms with Crippen LogP contribution in [0.15, 0.2) is 72.0 Å². The van der Waals surface area contributed by atoms with Crippen molar-refractivity contribution in [3.63, 3.8) is 0 Å². The van der Waals surface area contributed by atoms with E-state index in [0.29, 0.717) is 16.9 Å². The summed E-state index contributed by atoms with van der Waals surface area (Å²) in [6.07, 6.45) is -3.43. The first-order chi connectivity index (χ1) is 20.4. The minimum atomic E-state index is -4.80. The maximum absolute atomic E-state index is 12.8. The Hall–Kier alpha value is -4.85. The molecule has 14 heteroatoms. The Morgan fingerprint density at radius 2 is 1.86 bits per heavy atom. The number of amides is 3. The number of aromatic nitrogens is 3. The highest BCUT2D eigenvalue weighted by Crippen LogP contribution is 2.35. The van der Waals surface area contributed by atoms with Crippen LogP contribution in [0.2, 0.25) is 0 Å². The molecule has 0 atom stereocenters. The molecule has 0 unspecified atom stereocenters. The second-order valence-corrected chi connectivity index (χ2v) is 10.8. The summed E-state index contributed by atoms with van der Waals surface area (Å²) in [4.78, 5) is 35.4. The van der Waals surface area contributed by atoms with E-state index in [1.165, 1.54) is 40.2 Å². The van der Waals surface area contributed by atoms with Crippen molar-refractivity contribution in [1.29, 1.82) is 0 Å². The quantitative estimate of drug-likeness (QED) is 0.235. The van der Waals surface area contributed by atoms with Gasteiger partial charge in [0.15, 0.2) is 11.0 Å². The molecule has 1 aliphatic heterocycles. The molecule has 0 radical (unpaired) electrons. The smallest absolute Gasteiger partial charge is 0.506 e. The number of hydrogen-bond donors (Lipinski definition) is 2. The maximum atomic E-state index is 12.8. The molecule has 5 rings (SSSR count). The number of ether oxygens (including phenoxy) is 1. The number of phenols is 1. The number of carbonyl (C=O) groups is 2. The Bertz CT molecular complexity index is 1720. The van der Waals surface area contributed by atoms with E-state index >= 15 is 0 Å². The van der Waals surface area contributed by atoms with Crippen LogP contribution >= 0.6 is 11.8 Å². The van der Waals surface area contributed by atoms with Gasteiger partial charge >= 0.3 is 12.4 Å². The number of halogens is 3. The number of hydrogen-bond acceptors (Lipinski definition) is 7. The second kappa shape index (κ2) is 11.8. The number of urea groups is 1. The van der Waals surface area contributed by atoms with E-state index < -0.39 is 12.4 Å². The number of aliphatic imine (C=N–C) groups is 1. The fraction of sp³-hybridized carbons (Fsp3) is 0.207. The Labute approximate surface area is 248 Å². The van der Waals surface area contributed by atoms with Gasteiger partial charge in [0, 0.05) is 5.56 Å². The number of amidine groups is 1. The van der Waals surface area contributed by atoms with Gasteiger partial charge in [-0.15, -0.1) is 18.3 Å². The van der Waals surface area contributed by atoms with Crippen molar-refractivity contribution in [2.45, 2.75) is 33.1 Å². The molecule has 4 aromatic rings. The minimum Gasteiger partial charge on any atom is -0.506 e. The van der Waals surface area contributed by atoms with Gasteiger partial charge in [-0.25, -0.2) is 14.5 Å². The molecule has 2 N–H and O–H groups in total. The minimum absolute atomic E-state index is 0.0806. The summed E-state index contributed by atoms with van der Waals surface area (Å²) in [5.74, 6) is -0.329. The molecule has 3 aromatic carbocycles. The number of thioether (sulfide) groups is 1. The third kappa shape index (κ3) is 6.80. The number of nitrogens with zero attached hydrogens (tertiary/aromatic N) is 5. The van der Waals surface area contributed by atoms with Crippen LogP contribution in [-0.2, 0) is 4.79 Å². The van der Waals surface area contributed by atoms with Crippen molar-refractivity contribution in [1.82, 2.24) is 14.8 Å². The number of alkyl halides is 3. The molecule has 0 bridgehead atoms. The first-order valence-corrected chi connectivity index (χ1v) is 13.9. The van der Waals surface area contributed by atoms with E-state index in [2.05, 4.69) is 25.1 Å². The van der Waals surface area contributed by atoms with Crippen molar-refractivity contribution in [2.75, 3.05) is 16.0 Å². The maximum Gasteiger partial charge on any atom is 0.573 e. The van der Waals surface area contributed by atoms with Gasteiger partial charge in [-0.1, -0.05) is 37.7 Å². The Morgan fingerprint density at radius 3 is 2.53 bits per heavy atom. The second-order valence-electron chi connectivity index (χ2n) is 9.85. The zero-order valence-electron chi connectivity index (χ0n) is 23.1. The van der Waals surface area contributed by atoms with E-state index in [9.17, 15) is 27.9 Å². The van der Waals surface area contributed by atoms with Gasteiger partial charge < -0.3 is 15.2 Å². The standard InChI is InChI=1S/C29H25F3N6O4S/c1-16(2)21-10-4-17(3)12-23(21)38-25(40)14-43-28(38)35-27(41)34-22-11-5-18(13-24(22)39)26-33-15-37(36-26)19-6-8-20(9-7-19)42-29(30,31)32/h4-13,15-16,39H,14H2,1-3H3,(H,34,41)/b35-28-. The normalized spacial score (nSPS) is 14.5. The van der Waals surface area contributed by atoms with Gasteiger partial charge in [0.2, 0.25) is 5.91 Å². The lowest BCUT2D eigenvalue weighted by atomic mass is 9.99. The molecule has 43 heavy (non-hydrogen) atoms. The van der Waals surface area contributed by atoms with Crippen LogP contribution in [0.1, 0.15) is 30.9 Å². The predicted molar refractivity (Wildman–Crippen MR) is 157 cm³/mol. The van der Waals surface area contributed by atoms with Gasteiger partial charge in [0.25, 0.3) is 0 Å². The van der Waals surface area contributed by atoms with Crippen LogP contribution in [0.25, 0.3) is 17.1 Å². The average molecular weight is 611 g/mol. The number of aromatic hydroxyl groups is 1. The van der Waals surface area contributed by atoms with Gasteiger partial charge in [-0.3, -0.25) is 9.69 Å².